The van der Waals surface area contributed by atoms with Gasteiger partial charge in [0.15, 0.2) is 0 Å². The Hall–Kier alpha value is -3.41. The Morgan fingerprint density at radius 1 is 1.15 bits per heavy atom. The molecule has 0 aliphatic heterocycles. The van der Waals surface area contributed by atoms with Crippen LogP contribution in [0.3, 0.4) is 0 Å². The Morgan fingerprint density at radius 3 is 2.30 bits per heavy atom. The summed E-state index contributed by atoms with van der Waals surface area (Å²) in [6, 6.07) is 7.52. The maximum Gasteiger partial charge on any atom is 0.433 e. The Labute approximate surface area is 193 Å². The Morgan fingerprint density at radius 2 is 1.79 bits per heavy atom. The summed E-state index contributed by atoms with van der Waals surface area (Å²) >= 11 is 3.43. The van der Waals surface area contributed by atoms with E-state index in [1.807, 2.05) is 0 Å². The second-order valence-electron chi connectivity index (χ2n) is 7.30. The molecule has 1 aromatic carbocycles. The molecule has 3 heterocycles. The lowest BCUT2D eigenvalue weighted by molar-refractivity contribution is -0.141. The van der Waals surface area contributed by atoms with Crippen LogP contribution in [0.4, 0.5) is 13.2 Å². The van der Waals surface area contributed by atoms with E-state index in [1.165, 1.54) is 13.8 Å². The SMILES string of the molecule is COC(=O)c1cc(C(F)(F)F)nc2c1c(Br)c(-c1ccc(-n3c(C)nn(C)c3=O)cc1)n2C. The zero-order chi connectivity index (χ0) is 24.2. The number of ether oxygens (including phenoxy) is 1. The van der Waals surface area contributed by atoms with Gasteiger partial charge in [-0.15, -0.1) is 0 Å². The molecule has 0 N–H and O–H groups in total. The van der Waals surface area contributed by atoms with Crippen LogP contribution in [0.5, 0.6) is 0 Å². The van der Waals surface area contributed by atoms with E-state index in [-0.39, 0.29) is 22.3 Å². The van der Waals surface area contributed by atoms with Gasteiger partial charge in [0, 0.05) is 19.5 Å². The smallest absolute Gasteiger partial charge is 0.433 e. The third-order valence-electron chi connectivity index (χ3n) is 5.26. The number of methoxy groups -OCH3 is 1. The lowest BCUT2D eigenvalue weighted by Gasteiger charge is -2.09. The van der Waals surface area contributed by atoms with Crippen LogP contribution in [-0.4, -0.2) is 37.0 Å². The van der Waals surface area contributed by atoms with Gasteiger partial charge in [0.25, 0.3) is 0 Å². The number of aryl methyl sites for hydroxylation is 3. The average Bonchev–Trinajstić information content (AvgIpc) is 3.17. The van der Waals surface area contributed by atoms with Crippen LogP contribution in [0.15, 0.2) is 39.6 Å². The number of rotatable bonds is 3. The van der Waals surface area contributed by atoms with Gasteiger partial charge >= 0.3 is 17.8 Å². The summed E-state index contributed by atoms with van der Waals surface area (Å²) < 4.78 is 49.5. The van der Waals surface area contributed by atoms with E-state index in [0.29, 0.717) is 33.3 Å². The predicted octanol–water partition coefficient (Wildman–Crippen LogP) is 4.00. The normalized spacial score (nSPS) is 11.9. The molecule has 0 bridgehead atoms. The Bertz CT molecular complexity index is 1470. The fourth-order valence-corrected chi connectivity index (χ4v) is 4.64. The van der Waals surface area contributed by atoms with Crippen LogP contribution in [0.2, 0.25) is 0 Å². The molecular weight excluding hydrogens is 507 g/mol. The number of fused-ring (bicyclic) bond motifs is 1. The molecule has 0 amide bonds. The van der Waals surface area contributed by atoms with E-state index in [2.05, 4.69) is 26.0 Å². The molecule has 0 saturated carbocycles. The fraction of sp³-hybridized carbons (Fsp3) is 0.238. The zero-order valence-corrected chi connectivity index (χ0v) is 19.4. The highest BCUT2D eigenvalue weighted by molar-refractivity contribution is 9.10. The number of carbonyl (C=O) groups excluding carboxylic acids is 1. The van der Waals surface area contributed by atoms with Gasteiger partial charge in [0.1, 0.15) is 17.2 Å². The summed E-state index contributed by atoms with van der Waals surface area (Å²) in [5.74, 6) is -0.403. The van der Waals surface area contributed by atoms with Crippen LogP contribution >= 0.6 is 15.9 Å². The van der Waals surface area contributed by atoms with Crippen LogP contribution < -0.4 is 5.69 Å². The van der Waals surface area contributed by atoms with Crippen molar-refractivity contribution < 1.29 is 22.7 Å². The predicted molar refractivity (Wildman–Crippen MR) is 117 cm³/mol. The van der Waals surface area contributed by atoms with Gasteiger partial charge in [-0.3, -0.25) is 0 Å². The molecule has 12 heteroatoms. The van der Waals surface area contributed by atoms with Crippen LogP contribution in [0, 0.1) is 6.92 Å². The fourth-order valence-electron chi connectivity index (χ4n) is 3.75. The first kappa shape index (κ1) is 22.8. The lowest BCUT2D eigenvalue weighted by Crippen LogP contribution is -2.21. The monoisotopic (exact) mass is 523 g/mol. The number of carbonyl (C=O) groups is 1. The first-order valence-electron chi connectivity index (χ1n) is 9.53. The highest BCUT2D eigenvalue weighted by Gasteiger charge is 2.36. The number of nitrogens with zero attached hydrogens (tertiary/aromatic N) is 5. The van der Waals surface area contributed by atoms with Gasteiger partial charge in [-0.1, -0.05) is 12.1 Å². The van der Waals surface area contributed by atoms with Crippen molar-refractivity contribution in [3.8, 4) is 16.9 Å². The van der Waals surface area contributed by atoms with E-state index in [4.69, 9.17) is 4.74 Å². The summed E-state index contributed by atoms with van der Waals surface area (Å²) in [5, 5.41) is 4.30. The van der Waals surface area contributed by atoms with Gasteiger partial charge in [0.05, 0.1) is 28.5 Å². The molecule has 0 spiro atoms. The summed E-state index contributed by atoms with van der Waals surface area (Å²) in [6.45, 7) is 1.70. The molecule has 0 unspecified atom stereocenters. The molecule has 0 radical (unpaired) electrons. The molecular formula is C21H17BrF3N5O3. The average molecular weight is 524 g/mol. The highest BCUT2D eigenvalue weighted by Crippen LogP contribution is 2.40. The number of benzene rings is 1. The maximum absolute atomic E-state index is 13.4. The van der Waals surface area contributed by atoms with Crippen LogP contribution in [-0.2, 0) is 25.0 Å². The van der Waals surface area contributed by atoms with Crippen LogP contribution in [0.1, 0.15) is 21.9 Å². The second-order valence-corrected chi connectivity index (χ2v) is 8.09. The molecule has 3 aromatic heterocycles. The number of halogens is 4. The largest absolute Gasteiger partial charge is 0.465 e. The number of alkyl halides is 3. The van der Waals surface area contributed by atoms with Crippen molar-refractivity contribution in [3.05, 3.63) is 62.4 Å². The second kappa shape index (κ2) is 7.87. The minimum absolute atomic E-state index is 0.0319. The number of hydrogen-bond donors (Lipinski definition) is 0. The molecule has 172 valence electrons. The Balaban J connectivity index is 1.93. The minimum atomic E-state index is -4.75. The number of hydrogen-bond acceptors (Lipinski definition) is 5. The van der Waals surface area contributed by atoms with E-state index in [9.17, 15) is 22.8 Å². The van der Waals surface area contributed by atoms with Crippen molar-refractivity contribution >= 4 is 32.9 Å². The maximum atomic E-state index is 13.4. The number of esters is 1. The first-order chi connectivity index (χ1) is 15.5. The summed E-state index contributed by atoms with van der Waals surface area (Å²) in [6.07, 6.45) is -4.75. The quantitative estimate of drug-likeness (QED) is 0.379. The topological polar surface area (TPSA) is 83.9 Å². The summed E-state index contributed by atoms with van der Waals surface area (Å²) in [4.78, 5) is 28.4. The van der Waals surface area contributed by atoms with Gasteiger partial charge < -0.3 is 9.30 Å². The van der Waals surface area contributed by atoms with Gasteiger partial charge in [0.2, 0.25) is 0 Å². The molecule has 0 atom stereocenters. The number of pyridine rings is 1. The van der Waals surface area contributed by atoms with Gasteiger partial charge in [-0.2, -0.15) is 18.3 Å². The van der Waals surface area contributed by atoms with Crippen molar-refractivity contribution in [2.45, 2.75) is 13.1 Å². The van der Waals surface area contributed by atoms with E-state index in [1.54, 1.807) is 45.3 Å². The zero-order valence-electron chi connectivity index (χ0n) is 17.9. The molecule has 0 fully saturated rings. The van der Waals surface area contributed by atoms with E-state index in [0.717, 1.165) is 7.11 Å². The Kier molecular flexibility index (Phi) is 5.43. The van der Waals surface area contributed by atoms with Crippen molar-refractivity contribution in [2.24, 2.45) is 14.1 Å². The highest BCUT2D eigenvalue weighted by atomic mass is 79.9. The molecule has 33 heavy (non-hydrogen) atoms. The lowest BCUT2D eigenvalue weighted by atomic mass is 10.1. The first-order valence-corrected chi connectivity index (χ1v) is 10.3. The molecule has 0 saturated heterocycles. The van der Waals surface area contributed by atoms with Gasteiger partial charge in [-0.05, 0) is 46.6 Å². The molecule has 4 rings (SSSR count). The molecule has 0 aliphatic rings. The summed E-state index contributed by atoms with van der Waals surface area (Å²) in [7, 11) is 4.20. The van der Waals surface area contributed by atoms with Crippen molar-refractivity contribution in [1.82, 2.24) is 23.9 Å². The van der Waals surface area contributed by atoms with Gasteiger partial charge in [-0.25, -0.2) is 23.8 Å². The number of aromatic nitrogens is 5. The standard InChI is InChI=1S/C21H17BrF3N5O3/c1-10-27-29(3)20(32)30(10)12-7-5-11(6-8-12)17-16(22)15-13(19(31)33-4)9-14(21(23,24)25)26-18(15)28(17)2/h5-9H,1-4H3. The minimum Gasteiger partial charge on any atom is -0.465 e. The van der Waals surface area contributed by atoms with E-state index < -0.39 is 17.8 Å². The van der Waals surface area contributed by atoms with Crippen molar-refractivity contribution in [1.29, 1.82) is 0 Å². The molecule has 0 aliphatic carbocycles. The third kappa shape index (κ3) is 3.63. The van der Waals surface area contributed by atoms with Crippen molar-refractivity contribution in [3.63, 3.8) is 0 Å². The van der Waals surface area contributed by atoms with Crippen LogP contribution in [0.25, 0.3) is 28.0 Å². The third-order valence-corrected chi connectivity index (χ3v) is 6.03. The van der Waals surface area contributed by atoms with Crippen molar-refractivity contribution in [2.75, 3.05) is 7.11 Å². The van der Waals surface area contributed by atoms with E-state index >= 15 is 0 Å². The molecule has 4 aromatic rings. The summed E-state index contributed by atoms with van der Waals surface area (Å²) in [5.41, 5.74) is -0.0755. The molecule has 8 nitrogen and oxygen atoms in total.